The molecule has 0 fully saturated rings. The Hall–Kier alpha value is -2.63. The average Bonchev–Trinajstić information content (AvgIpc) is 2.43. The van der Waals surface area contributed by atoms with Crippen LogP contribution in [0.25, 0.3) is 0 Å². The molecule has 0 atom stereocenters. The SMILES string of the molecule is CCOc1ccc(C(=O)Nc2ccc(F)c(C)c2)c(N)n1. The number of rotatable bonds is 4. The molecule has 0 aliphatic rings. The van der Waals surface area contributed by atoms with Crippen molar-refractivity contribution < 1.29 is 13.9 Å². The Kier molecular flexibility index (Phi) is 4.37. The minimum Gasteiger partial charge on any atom is -0.478 e. The van der Waals surface area contributed by atoms with Gasteiger partial charge in [0, 0.05) is 11.8 Å². The number of pyridine rings is 1. The molecule has 2 aromatic rings. The molecule has 21 heavy (non-hydrogen) atoms. The summed E-state index contributed by atoms with van der Waals surface area (Å²) in [7, 11) is 0. The zero-order valence-electron chi connectivity index (χ0n) is 11.8. The first kappa shape index (κ1) is 14.8. The molecule has 6 heteroatoms. The highest BCUT2D eigenvalue weighted by atomic mass is 19.1. The summed E-state index contributed by atoms with van der Waals surface area (Å²) in [5.74, 6) is -0.286. The highest BCUT2D eigenvalue weighted by molar-refractivity contribution is 6.07. The maximum Gasteiger partial charge on any atom is 0.259 e. The van der Waals surface area contributed by atoms with E-state index in [1.807, 2.05) is 6.92 Å². The molecule has 0 bridgehead atoms. The zero-order chi connectivity index (χ0) is 15.4. The largest absolute Gasteiger partial charge is 0.478 e. The smallest absolute Gasteiger partial charge is 0.259 e. The van der Waals surface area contributed by atoms with E-state index in [9.17, 15) is 9.18 Å². The normalized spacial score (nSPS) is 10.2. The van der Waals surface area contributed by atoms with E-state index in [-0.39, 0.29) is 17.2 Å². The Morgan fingerprint density at radius 3 is 2.76 bits per heavy atom. The van der Waals surface area contributed by atoms with Gasteiger partial charge in [0.2, 0.25) is 5.88 Å². The van der Waals surface area contributed by atoms with Crippen molar-refractivity contribution in [3.8, 4) is 5.88 Å². The number of aryl methyl sites for hydroxylation is 1. The van der Waals surface area contributed by atoms with Crippen LogP contribution in [0.15, 0.2) is 30.3 Å². The number of amides is 1. The average molecular weight is 289 g/mol. The molecule has 0 saturated carbocycles. The van der Waals surface area contributed by atoms with Crippen LogP contribution in [0.2, 0.25) is 0 Å². The van der Waals surface area contributed by atoms with Gasteiger partial charge in [0.05, 0.1) is 12.2 Å². The molecule has 5 nitrogen and oxygen atoms in total. The fourth-order valence-electron chi connectivity index (χ4n) is 1.80. The van der Waals surface area contributed by atoms with Crippen LogP contribution in [0, 0.1) is 12.7 Å². The summed E-state index contributed by atoms with van der Waals surface area (Å²) >= 11 is 0. The predicted molar refractivity (Wildman–Crippen MR) is 78.9 cm³/mol. The lowest BCUT2D eigenvalue weighted by atomic mass is 10.2. The topological polar surface area (TPSA) is 77.2 Å². The van der Waals surface area contributed by atoms with Crippen LogP contribution in [0.4, 0.5) is 15.9 Å². The first-order chi connectivity index (χ1) is 10.0. The minimum atomic E-state index is -0.408. The number of nitrogens with two attached hydrogens (primary N) is 1. The number of aromatic nitrogens is 1. The lowest BCUT2D eigenvalue weighted by Crippen LogP contribution is -2.15. The van der Waals surface area contributed by atoms with Crippen LogP contribution in [-0.2, 0) is 0 Å². The molecule has 110 valence electrons. The molecule has 1 aromatic heterocycles. The van der Waals surface area contributed by atoms with Gasteiger partial charge in [0.15, 0.2) is 0 Å². The van der Waals surface area contributed by atoms with E-state index >= 15 is 0 Å². The van der Waals surface area contributed by atoms with Crippen LogP contribution in [-0.4, -0.2) is 17.5 Å². The van der Waals surface area contributed by atoms with E-state index in [1.165, 1.54) is 12.1 Å². The van der Waals surface area contributed by atoms with Crippen molar-refractivity contribution in [3.63, 3.8) is 0 Å². The van der Waals surface area contributed by atoms with E-state index in [0.29, 0.717) is 23.7 Å². The Morgan fingerprint density at radius 2 is 2.14 bits per heavy atom. The van der Waals surface area contributed by atoms with Crippen molar-refractivity contribution in [1.82, 2.24) is 4.98 Å². The van der Waals surface area contributed by atoms with Gasteiger partial charge in [-0.2, -0.15) is 4.98 Å². The van der Waals surface area contributed by atoms with Crippen molar-refractivity contribution >= 4 is 17.4 Å². The van der Waals surface area contributed by atoms with E-state index in [0.717, 1.165) is 0 Å². The Balaban J connectivity index is 2.18. The van der Waals surface area contributed by atoms with Gasteiger partial charge < -0.3 is 15.8 Å². The summed E-state index contributed by atoms with van der Waals surface area (Å²) in [6.07, 6.45) is 0. The van der Waals surface area contributed by atoms with Crippen molar-refractivity contribution in [3.05, 3.63) is 47.3 Å². The molecule has 0 unspecified atom stereocenters. The molecular formula is C15H16FN3O2. The summed E-state index contributed by atoms with van der Waals surface area (Å²) < 4.78 is 18.4. The van der Waals surface area contributed by atoms with Crippen LogP contribution < -0.4 is 15.8 Å². The van der Waals surface area contributed by atoms with Gasteiger partial charge in [-0.15, -0.1) is 0 Å². The number of hydrogen-bond donors (Lipinski definition) is 2. The van der Waals surface area contributed by atoms with Crippen LogP contribution in [0.5, 0.6) is 5.88 Å². The molecule has 1 heterocycles. The van der Waals surface area contributed by atoms with Gasteiger partial charge >= 0.3 is 0 Å². The maximum absolute atomic E-state index is 13.2. The van der Waals surface area contributed by atoms with Gasteiger partial charge in [-0.3, -0.25) is 4.79 Å². The zero-order valence-corrected chi connectivity index (χ0v) is 11.8. The van der Waals surface area contributed by atoms with Gasteiger partial charge in [-0.05, 0) is 43.7 Å². The third kappa shape index (κ3) is 3.47. The molecule has 0 saturated heterocycles. The number of nitrogen functional groups attached to an aromatic ring is 1. The first-order valence-electron chi connectivity index (χ1n) is 6.48. The number of halogens is 1. The monoisotopic (exact) mass is 289 g/mol. The van der Waals surface area contributed by atoms with Crippen molar-refractivity contribution in [2.75, 3.05) is 17.7 Å². The number of anilines is 2. The fourth-order valence-corrected chi connectivity index (χ4v) is 1.80. The fraction of sp³-hybridized carbons (Fsp3) is 0.200. The van der Waals surface area contributed by atoms with E-state index in [4.69, 9.17) is 10.5 Å². The molecule has 3 N–H and O–H groups in total. The summed E-state index contributed by atoms with van der Waals surface area (Å²) in [5.41, 5.74) is 6.93. The lowest BCUT2D eigenvalue weighted by Gasteiger charge is -2.09. The quantitative estimate of drug-likeness (QED) is 0.907. The molecule has 2 rings (SSSR count). The lowest BCUT2D eigenvalue weighted by molar-refractivity contribution is 0.102. The number of carbonyl (C=O) groups excluding carboxylic acids is 1. The summed E-state index contributed by atoms with van der Waals surface area (Å²) in [6.45, 7) is 3.92. The Bertz CT molecular complexity index is 674. The van der Waals surface area contributed by atoms with Crippen molar-refractivity contribution in [1.29, 1.82) is 0 Å². The maximum atomic E-state index is 13.2. The molecule has 0 radical (unpaired) electrons. The first-order valence-corrected chi connectivity index (χ1v) is 6.48. The second-order valence-corrected chi connectivity index (χ2v) is 4.43. The molecule has 0 spiro atoms. The second-order valence-electron chi connectivity index (χ2n) is 4.43. The van der Waals surface area contributed by atoms with Gasteiger partial charge in [0.25, 0.3) is 5.91 Å². The molecule has 1 amide bonds. The van der Waals surface area contributed by atoms with Crippen molar-refractivity contribution in [2.45, 2.75) is 13.8 Å². The number of ether oxygens (including phenoxy) is 1. The molecule has 1 aromatic carbocycles. The molecular weight excluding hydrogens is 273 g/mol. The van der Waals surface area contributed by atoms with Gasteiger partial charge in [-0.1, -0.05) is 0 Å². The van der Waals surface area contributed by atoms with Gasteiger partial charge in [-0.25, -0.2) is 4.39 Å². The number of hydrogen-bond acceptors (Lipinski definition) is 4. The highest BCUT2D eigenvalue weighted by Crippen LogP contribution is 2.18. The van der Waals surface area contributed by atoms with Crippen LogP contribution in [0.1, 0.15) is 22.8 Å². The number of nitrogens with zero attached hydrogens (tertiary/aromatic N) is 1. The second kappa shape index (κ2) is 6.21. The van der Waals surface area contributed by atoms with Crippen molar-refractivity contribution in [2.24, 2.45) is 0 Å². The molecule has 0 aliphatic carbocycles. The third-order valence-electron chi connectivity index (χ3n) is 2.85. The minimum absolute atomic E-state index is 0.0808. The highest BCUT2D eigenvalue weighted by Gasteiger charge is 2.12. The number of benzene rings is 1. The third-order valence-corrected chi connectivity index (χ3v) is 2.85. The number of carbonyl (C=O) groups is 1. The summed E-state index contributed by atoms with van der Waals surface area (Å²) in [5, 5.41) is 2.65. The van der Waals surface area contributed by atoms with Crippen LogP contribution >= 0.6 is 0 Å². The summed E-state index contributed by atoms with van der Waals surface area (Å²) in [4.78, 5) is 16.1. The predicted octanol–water partition coefficient (Wildman–Crippen LogP) is 2.76. The van der Waals surface area contributed by atoms with Gasteiger partial charge in [0.1, 0.15) is 11.6 Å². The van der Waals surface area contributed by atoms with E-state index in [1.54, 1.807) is 25.1 Å². The Labute approximate surface area is 121 Å². The number of nitrogens with one attached hydrogen (secondary N) is 1. The van der Waals surface area contributed by atoms with E-state index in [2.05, 4.69) is 10.3 Å². The Morgan fingerprint density at radius 1 is 1.38 bits per heavy atom. The van der Waals surface area contributed by atoms with Crippen LogP contribution in [0.3, 0.4) is 0 Å². The standard InChI is InChI=1S/C15H16FN3O2/c1-3-21-13-7-5-11(14(17)19-13)15(20)18-10-4-6-12(16)9(2)8-10/h4-8H,3H2,1-2H3,(H2,17,19)(H,18,20). The summed E-state index contributed by atoms with van der Waals surface area (Å²) in [6, 6.07) is 7.44. The molecule has 0 aliphatic heterocycles. The van der Waals surface area contributed by atoms with E-state index < -0.39 is 5.91 Å².